The molecule has 106 valence electrons. The van der Waals surface area contributed by atoms with Crippen molar-refractivity contribution in [2.24, 2.45) is 0 Å². The van der Waals surface area contributed by atoms with Crippen molar-refractivity contribution in [1.29, 1.82) is 0 Å². The van der Waals surface area contributed by atoms with Crippen molar-refractivity contribution in [2.75, 3.05) is 13.6 Å². The molecule has 0 aromatic heterocycles. The third-order valence-electron chi connectivity index (χ3n) is 3.13. The van der Waals surface area contributed by atoms with Crippen molar-refractivity contribution < 1.29 is 0 Å². The van der Waals surface area contributed by atoms with Crippen molar-refractivity contribution in [3.8, 4) is 0 Å². The van der Waals surface area contributed by atoms with E-state index in [-0.39, 0.29) is 0 Å². The zero-order valence-electron chi connectivity index (χ0n) is 11.2. The maximum atomic E-state index is 6.19. The lowest BCUT2D eigenvalue weighted by molar-refractivity contribution is 0.331. The Morgan fingerprint density at radius 3 is 2.60 bits per heavy atom. The van der Waals surface area contributed by atoms with E-state index in [0.717, 1.165) is 34.6 Å². The van der Waals surface area contributed by atoms with Crippen molar-refractivity contribution in [2.45, 2.75) is 13.0 Å². The van der Waals surface area contributed by atoms with Gasteiger partial charge in [0.2, 0.25) is 0 Å². The molecule has 2 aromatic carbocycles. The van der Waals surface area contributed by atoms with Crippen LogP contribution >= 0.6 is 39.1 Å². The lowest BCUT2D eigenvalue weighted by Crippen LogP contribution is -2.20. The fourth-order valence-electron chi connectivity index (χ4n) is 2.03. The van der Waals surface area contributed by atoms with Crippen LogP contribution in [0.15, 0.2) is 46.9 Å². The normalized spacial score (nSPS) is 11.1. The summed E-state index contributed by atoms with van der Waals surface area (Å²) in [5.74, 6) is 0. The first-order chi connectivity index (χ1) is 9.54. The van der Waals surface area contributed by atoms with Crippen molar-refractivity contribution in [1.82, 2.24) is 4.90 Å². The molecule has 0 amide bonds. The van der Waals surface area contributed by atoms with Gasteiger partial charge in [0.25, 0.3) is 0 Å². The molecule has 0 aliphatic rings. The average Bonchev–Trinajstić information content (AvgIpc) is 2.40. The minimum absolute atomic E-state index is 0.676. The van der Waals surface area contributed by atoms with Gasteiger partial charge in [-0.3, -0.25) is 0 Å². The van der Waals surface area contributed by atoms with Gasteiger partial charge in [0.05, 0.1) is 0 Å². The van der Waals surface area contributed by atoms with Crippen LogP contribution in [-0.2, 0) is 13.0 Å². The largest absolute Gasteiger partial charge is 0.302 e. The van der Waals surface area contributed by atoms with Crippen LogP contribution in [0, 0.1) is 0 Å². The van der Waals surface area contributed by atoms with Crippen molar-refractivity contribution in [3.63, 3.8) is 0 Å². The van der Waals surface area contributed by atoms with E-state index < -0.39 is 0 Å². The van der Waals surface area contributed by atoms with Crippen LogP contribution in [0.4, 0.5) is 0 Å². The summed E-state index contributed by atoms with van der Waals surface area (Å²) in [6, 6.07) is 14.1. The summed E-state index contributed by atoms with van der Waals surface area (Å²) in [6.07, 6.45) is 1.02. The number of benzene rings is 2. The molecule has 0 aliphatic carbocycles. The van der Waals surface area contributed by atoms with E-state index in [4.69, 9.17) is 23.2 Å². The molecule has 0 bridgehead atoms. The predicted molar refractivity (Wildman–Crippen MR) is 90.6 cm³/mol. The molecule has 0 saturated heterocycles. The van der Waals surface area contributed by atoms with Crippen LogP contribution in [0.3, 0.4) is 0 Å². The zero-order valence-corrected chi connectivity index (χ0v) is 14.3. The highest BCUT2D eigenvalue weighted by molar-refractivity contribution is 9.10. The van der Waals surface area contributed by atoms with E-state index in [2.05, 4.69) is 46.1 Å². The van der Waals surface area contributed by atoms with Crippen LogP contribution in [0.1, 0.15) is 11.1 Å². The maximum absolute atomic E-state index is 6.19. The highest BCUT2D eigenvalue weighted by Crippen LogP contribution is 2.22. The van der Waals surface area contributed by atoms with E-state index in [0.29, 0.717) is 5.02 Å². The van der Waals surface area contributed by atoms with E-state index >= 15 is 0 Å². The van der Waals surface area contributed by atoms with E-state index in [1.807, 2.05) is 18.2 Å². The minimum atomic E-state index is 0.676. The highest BCUT2D eigenvalue weighted by Gasteiger charge is 2.05. The lowest BCUT2D eigenvalue weighted by atomic mass is 10.1. The fourth-order valence-corrected chi connectivity index (χ4v) is 2.95. The molecular formula is C16H16BrCl2N. The van der Waals surface area contributed by atoms with Gasteiger partial charge in [-0.15, -0.1) is 0 Å². The Morgan fingerprint density at radius 1 is 1.10 bits per heavy atom. The Kier molecular flexibility index (Phi) is 5.91. The SMILES string of the molecule is CN(CCc1cccc(Br)c1)Cc1ccc(Cl)cc1Cl. The van der Waals surface area contributed by atoms with Gasteiger partial charge in [0, 0.05) is 27.6 Å². The molecule has 0 aliphatic heterocycles. The van der Waals surface area contributed by atoms with Crippen molar-refractivity contribution in [3.05, 3.63) is 68.1 Å². The third-order valence-corrected chi connectivity index (χ3v) is 4.21. The van der Waals surface area contributed by atoms with Crippen LogP contribution in [0.5, 0.6) is 0 Å². The number of likely N-dealkylation sites (N-methyl/N-ethyl adjacent to an activating group) is 1. The highest BCUT2D eigenvalue weighted by atomic mass is 79.9. The first-order valence-corrected chi connectivity index (χ1v) is 7.96. The first-order valence-electron chi connectivity index (χ1n) is 6.41. The molecule has 0 radical (unpaired) electrons. The third kappa shape index (κ3) is 4.78. The molecule has 4 heteroatoms. The van der Waals surface area contributed by atoms with E-state index in [1.165, 1.54) is 5.56 Å². The van der Waals surface area contributed by atoms with Gasteiger partial charge in [-0.1, -0.05) is 57.3 Å². The summed E-state index contributed by atoms with van der Waals surface area (Å²) in [5, 5.41) is 1.40. The number of nitrogens with zero attached hydrogens (tertiary/aromatic N) is 1. The topological polar surface area (TPSA) is 3.24 Å². The van der Waals surface area contributed by atoms with Crippen LogP contribution < -0.4 is 0 Å². The average molecular weight is 373 g/mol. The molecule has 1 nitrogen and oxygen atoms in total. The summed E-state index contributed by atoms with van der Waals surface area (Å²) in [7, 11) is 2.10. The van der Waals surface area contributed by atoms with E-state index in [9.17, 15) is 0 Å². The van der Waals surface area contributed by atoms with Gasteiger partial charge in [-0.05, 0) is 48.9 Å². The Labute approximate surface area is 138 Å². The molecule has 2 rings (SSSR count). The number of rotatable bonds is 5. The molecule has 0 N–H and O–H groups in total. The number of halogens is 3. The summed E-state index contributed by atoms with van der Waals surface area (Å²) in [5.41, 5.74) is 2.43. The summed E-state index contributed by atoms with van der Waals surface area (Å²) < 4.78 is 1.12. The molecule has 0 atom stereocenters. The molecule has 0 saturated carbocycles. The molecule has 20 heavy (non-hydrogen) atoms. The summed E-state index contributed by atoms with van der Waals surface area (Å²) >= 11 is 15.6. The second kappa shape index (κ2) is 7.46. The summed E-state index contributed by atoms with van der Waals surface area (Å²) in [4.78, 5) is 2.26. The van der Waals surface area contributed by atoms with Crippen LogP contribution in [0.2, 0.25) is 10.0 Å². The quantitative estimate of drug-likeness (QED) is 0.676. The first kappa shape index (κ1) is 15.8. The van der Waals surface area contributed by atoms with Gasteiger partial charge < -0.3 is 4.90 Å². The maximum Gasteiger partial charge on any atom is 0.0465 e. The number of hydrogen-bond acceptors (Lipinski definition) is 1. The van der Waals surface area contributed by atoms with Crippen LogP contribution in [0.25, 0.3) is 0 Å². The molecule has 0 spiro atoms. The van der Waals surface area contributed by atoms with E-state index in [1.54, 1.807) is 6.07 Å². The van der Waals surface area contributed by atoms with Gasteiger partial charge in [0.1, 0.15) is 0 Å². The summed E-state index contributed by atoms with van der Waals surface area (Å²) in [6.45, 7) is 1.80. The predicted octanol–water partition coefficient (Wildman–Crippen LogP) is 5.43. The number of hydrogen-bond donors (Lipinski definition) is 0. The lowest BCUT2D eigenvalue weighted by Gasteiger charge is -2.17. The Morgan fingerprint density at radius 2 is 1.90 bits per heavy atom. The Hall–Kier alpha value is -0.540. The minimum Gasteiger partial charge on any atom is -0.302 e. The molecule has 0 fully saturated rings. The van der Waals surface area contributed by atoms with Crippen LogP contribution in [-0.4, -0.2) is 18.5 Å². The monoisotopic (exact) mass is 371 g/mol. The van der Waals surface area contributed by atoms with Gasteiger partial charge in [-0.2, -0.15) is 0 Å². The molecule has 2 aromatic rings. The second-order valence-electron chi connectivity index (χ2n) is 4.85. The fraction of sp³-hybridized carbons (Fsp3) is 0.250. The van der Waals surface area contributed by atoms with Gasteiger partial charge in [-0.25, -0.2) is 0 Å². The Bertz CT molecular complexity index is 586. The zero-order chi connectivity index (χ0) is 14.5. The molecule has 0 unspecified atom stereocenters. The van der Waals surface area contributed by atoms with Gasteiger partial charge >= 0.3 is 0 Å². The molecular weight excluding hydrogens is 357 g/mol. The van der Waals surface area contributed by atoms with Crippen molar-refractivity contribution >= 4 is 39.1 Å². The standard InChI is InChI=1S/C16H16BrCl2N/c1-20(8-7-12-3-2-4-14(17)9-12)11-13-5-6-15(18)10-16(13)19/h2-6,9-10H,7-8,11H2,1H3. The smallest absolute Gasteiger partial charge is 0.0465 e. The van der Waals surface area contributed by atoms with Gasteiger partial charge in [0.15, 0.2) is 0 Å². The molecule has 0 heterocycles. The Balaban J connectivity index is 1.90. The second-order valence-corrected chi connectivity index (χ2v) is 6.61.